The number of halogens is 2. The lowest BCUT2D eigenvalue weighted by Gasteiger charge is -2.28. The summed E-state index contributed by atoms with van der Waals surface area (Å²) in [5.74, 6) is -1.63. The summed E-state index contributed by atoms with van der Waals surface area (Å²) < 4.78 is 31.1. The molecule has 0 aromatic heterocycles. The Morgan fingerprint density at radius 2 is 2.13 bits per heavy atom. The summed E-state index contributed by atoms with van der Waals surface area (Å²) in [6.07, 6.45) is 0.173. The van der Waals surface area contributed by atoms with Crippen LogP contribution in [0.15, 0.2) is 18.2 Å². The number of hydrogen-bond acceptors (Lipinski definition) is 2. The van der Waals surface area contributed by atoms with Crippen LogP contribution in [0.1, 0.15) is 18.5 Å². The van der Waals surface area contributed by atoms with E-state index < -0.39 is 11.6 Å². The molecule has 0 saturated carbocycles. The molecule has 2 atom stereocenters. The number of benzene rings is 1. The zero-order chi connectivity index (χ0) is 10.8. The number of rotatable bonds is 1. The second kappa shape index (κ2) is 4.24. The van der Waals surface area contributed by atoms with Gasteiger partial charge in [-0.3, -0.25) is 0 Å². The van der Waals surface area contributed by atoms with E-state index in [-0.39, 0.29) is 12.1 Å². The molecule has 1 heterocycles. The van der Waals surface area contributed by atoms with Crippen LogP contribution in [0.2, 0.25) is 0 Å². The van der Waals surface area contributed by atoms with Gasteiger partial charge in [0.1, 0.15) is 0 Å². The lowest BCUT2D eigenvalue weighted by molar-refractivity contribution is 0.0148. The van der Waals surface area contributed by atoms with Gasteiger partial charge in [-0.2, -0.15) is 0 Å². The number of nitrogens with one attached hydrogen (secondary N) is 1. The molecule has 1 fully saturated rings. The minimum Gasteiger partial charge on any atom is -0.375 e. The van der Waals surface area contributed by atoms with E-state index in [1.54, 1.807) is 6.07 Å². The van der Waals surface area contributed by atoms with E-state index in [0.29, 0.717) is 6.61 Å². The molecule has 0 bridgehead atoms. The van der Waals surface area contributed by atoms with E-state index in [9.17, 15) is 8.78 Å². The summed E-state index contributed by atoms with van der Waals surface area (Å²) in [5, 5.41) is 3.22. The van der Waals surface area contributed by atoms with Gasteiger partial charge in [0.2, 0.25) is 0 Å². The highest BCUT2D eigenvalue weighted by atomic mass is 19.2. The summed E-state index contributed by atoms with van der Waals surface area (Å²) >= 11 is 0. The summed E-state index contributed by atoms with van der Waals surface area (Å²) in [4.78, 5) is 0. The molecule has 0 aliphatic carbocycles. The van der Waals surface area contributed by atoms with Gasteiger partial charge in [-0.25, -0.2) is 8.78 Å². The predicted molar refractivity (Wildman–Crippen MR) is 52.5 cm³/mol. The third kappa shape index (κ3) is 2.33. The normalized spacial score (nSPS) is 26.6. The highest BCUT2D eigenvalue weighted by molar-refractivity contribution is 5.21. The van der Waals surface area contributed by atoms with Crippen molar-refractivity contribution >= 4 is 0 Å². The van der Waals surface area contributed by atoms with Crippen molar-refractivity contribution in [2.75, 3.05) is 13.2 Å². The second-order valence-corrected chi connectivity index (χ2v) is 3.78. The summed E-state index contributed by atoms with van der Waals surface area (Å²) in [6.45, 7) is 3.18. The highest BCUT2D eigenvalue weighted by Crippen LogP contribution is 2.19. The lowest BCUT2D eigenvalue weighted by Crippen LogP contribution is -2.39. The first-order chi connectivity index (χ1) is 7.16. The Morgan fingerprint density at radius 3 is 2.73 bits per heavy atom. The largest absolute Gasteiger partial charge is 0.375 e. The van der Waals surface area contributed by atoms with Crippen molar-refractivity contribution in [1.82, 2.24) is 5.32 Å². The van der Waals surface area contributed by atoms with Crippen molar-refractivity contribution in [2.24, 2.45) is 0 Å². The lowest BCUT2D eigenvalue weighted by atomic mass is 10.1. The molecule has 1 aromatic rings. The van der Waals surface area contributed by atoms with Gasteiger partial charge in [-0.15, -0.1) is 0 Å². The fraction of sp³-hybridized carbons (Fsp3) is 0.455. The number of ether oxygens (including phenoxy) is 1. The molecule has 0 amide bonds. The first kappa shape index (κ1) is 10.5. The molecular weight excluding hydrogens is 200 g/mol. The van der Waals surface area contributed by atoms with Crippen molar-refractivity contribution in [2.45, 2.75) is 19.1 Å². The van der Waals surface area contributed by atoms with Gasteiger partial charge in [0.05, 0.1) is 18.8 Å². The quantitative estimate of drug-likeness (QED) is 0.770. The van der Waals surface area contributed by atoms with E-state index in [4.69, 9.17) is 4.74 Å². The van der Waals surface area contributed by atoms with E-state index in [0.717, 1.165) is 18.2 Å². The molecule has 1 saturated heterocycles. The van der Waals surface area contributed by atoms with Gasteiger partial charge in [0.25, 0.3) is 0 Å². The third-order valence-electron chi connectivity index (χ3n) is 2.55. The van der Waals surface area contributed by atoms with Crippen LogP contribution in [0, 0.1) is 11.6 Å². The average molecular weight is 213 g/mol. The Bertz CT molecular complexity index is 348. The van der Waals surface area contributed by atoms with Crippen LogP contribution in [-0.4, -0.2) is 19.3 Å². The number of morpholine rings is 1. The average Bonchev–Trinajstić information content (AvgIpc) is 2.23. The Kier molecular flexibility index (Phi) is 2.98. The molecule has 0 spiro atoms. The van der Waals surface area contributed by atoms with Crippen LogP contribution in [0.3, 0.4) is 0 Å². The van der Waals surface area contributed by atoms with Gasteiger partial charge in [-0.1, -0.05) is 6.07 Å². The van der Waals surface area contributed by atoms with Crippen molar-refractivity contribution in [3.8, 4) is 0 Å². The van der Waals surface area contributed by atoms with Crippen molar-refractivity contribution in [1.29, 1.82) is 0 Å². The molecule has 1 N–H and O–H groups in total. The summed E-state index contributed by atoms with van der Waals surface area (Å²) in [7, 11) is 0. The van der Waals surface area contributed by atoms with Gasteiger partial charge in [0, 0.05) is 6.54 Å². The topological polar surface area (TPSA) is 21.3 Å². The monoisotopic (exact) mass is 213 g/mol. The highest BCUT2D eigenvalue weighted by Gasteiger charge is 2.20. The molecule has 1 aliphatic heterocycles. The van der Waals surface area contributed by atoms with Crippen LogP contribution in [0.25, 0.3) is 0 Å². The van der Waals surface area contributed by atoms with Crippen LogP contribution in [0.5, 0.6) is 0 Å². The van der Waals surface area contributed by atoms with Gasteiger partial charge >= 0.3 is 0 Å². The van der Waals surface area contributed by atoms with E-state index in [1.807, 2.05) is 6.92 Å². The smallest absolute Gasteiger partial charge is 0.159 e. The van der Waals surface area contributed by atoms with Crippen LogP contribution < -0.4 is 5.32 Å². The molecule has 0 radical (unpaired) electrons. The van der Waals surface area contributed by atoms with E-state index in [2.05, 4.69) is 5.32 Å². The molecule has 2 unspecified atom stereocenters. The fourth-order valence-electron chi connectivity index (χ4n) is 1.63. The minimum atomic E-state index is -0.816. The third-order valence-corrected chi connectivity index (χ3v) is 2.55. The maximum absolute atomic E-state index is 13.0. The van der Waals surface area contributed by atoms with Gasteiger partial charge in [-0.05, 0) is 24.6 Å². The van der Waals surface area contributed by atoms with Crippen LogP contribution in [0.4, 0.5) is 8.78 Å². The molecule has 1 aromatic carbocycles. The van der Waals surface area contributed by atoms with Gasteiger partial charge < -0.3 is 10.1 Å². The van der Waals surface area contributed by atoms with Crippen LogP contribution >= 0.6 is 0 Å². The number of hydrogen-bond donors (Lipinski definition) is 1. The SMILES string of the molecule is CC1CNC(c2ccc(F)c(F)c2)CO1. The molecule has 2 rings (SSSR count). The molecule has 15 heavy (non-hydrogen) atoms. The predicted octanol–water partition coefficient (Wildman–Crippen LogP) is 2.01. The Hall–Kier alpha value is -1.00. The minimum absolute atomic E-state index is 0.0451. The van der Waals surface area contributed by atoms with Gasteiger partial charge in [0.15, 0.2) is 11.6 Å². The first-order valence-corrected chi connectivity index (χ1v) is 4.97. The summed E-state index contributed by atoms with van der Waals surface area (Å²) in [5.41, 5.74) is 0.723. The van der Waals surface area contributed by atoms with Crippen molar-refractivity contribution < 1.29 is 13.5 Å². The summed E-state index contributed by atoms with van der Waals surface area (Å²) in [6, 6.07) is 3.89. The van der Waals surface area contributed by atoms with Crippen LogP contribution in [-0.2, 0) is 4.74 Å². The zero-order valence-corrected chi connectivity index (χ0v) is 8.47. The second-order valence-electron chi connectivity index (χ2n) is 3.78. The maximum Gasteiger partial charge on any atom is 0.159 e. The zero-order valence-electron chi connectivity index (χ0n) is 8.47. The maximum atomic E-state index is 13.0. The molecule has 1 aliphatic rings. The Morgan fingerprint density at radius 1 is 1.33 bits per heavy atom. The Labute approximate surface area is 87.2 Å². The molecular formula is C11H13F2NO. The van der Waals surface area contributed by atoms with E-state index in [1.165, 1.54) is 6.07 Å². The van der Waals surface area contributed by atoms with Crippen molar-refractivity contribution in [3.63, 3.8) is 0 Å². The fourth-order valence-corrected chi connectivity index (χ4v) is 1.63. The Balaban J connectivity index is 2.12. The van der Waals surface area contributed by atoms with E-state index >= 15 is 0 Å². The standard InChI is InChI=1S/C11H13F2NO/c1-7-5-14-11(6-15-7)8-2-3-9(12)10(13)4-8/h2-4,7,11,14H,5-6H2,1H3. The molecule has 4 heteroatoms. The molecule has 82 valence electrons. The first-order valence-electron chi connectivity index (χ1n) is 4.97. The van der Waals surface area contributed by atoms with Crippen molar-refractivity contribution in [3.05, 3.63) is 35.4 Å². The molecule has 2 nitrogen and oxygen atoms in total.